The third kappa shape index (κ3) is 2.96. The van der Waals surface area contributed by atoms with Gasteiger partial charge in [-0.2, -0.15) is 0 Å². The van der Waals surface area contributed by atoms with Gasteiger partial charge < -0.3 is 10.4 Å². The lowest BCUT2D eigenvalue weighted by Crippen LogP contribution is -2.37. The predicted molar refractivity (Wildman–Crippen MR) is 77.0 cm³/mol. The molecule has 0 saturated heterocycles. The molecule has 1 heterocycles. The molecule has 1 aromatic heterocycles. The summed E-state index contributed by atoms with van der Waals surface area (Å²) in [6, 6.07) is 2.85. The van der Waals surface area contributed by atoms with Crippen LogP contribution in [-0.2, 0) is 0 Å². The van der Waals surface area contributed by atoms with Gasteiger partial charge in [-0.3, -0.25) is 4.79 Å². The van der Waals surface area contributed by atoms with Crippen molar-refractivity contribution in [3.63, 3.8) is 0 Å². The molecule has 2 N–H and O–H groups in total. The molecule has 1 amide bonds. The van der Waals surface area contributed by atoms with Crippen molar-refractivity contribution in [2.24, 2.45) is 17.8 Å². The maximum atomic E-state index is 12.1. The van der Waals surface area contributed by atoms with E-state index in [1.165, 1.54) is 31.2 Å². The van der Waals surface area contributed by atoms with E-state index in [1.54, 1.807) is 0 Å². The molecule has 2 bridgehead atoms. The summed E-state index contributed by atoms with van der Waals surface area (Å²) in [5, 5.41) is 11.8. The van der Waals surface area contributed by atoms with Crippen LogP contribution in [0.1, 0.15) is 40.1 Å². The molecule has 1 aromatic rings. The SMILES string of the molecule is O=C(NCC1CC2C=CC1CC2)c1ccnc(C(=O)O)c1. The molecule has 5 heteroatoms. The Hall–Kier alpha value is -2.17. The normalized spacial score (nSPS) is 26.6. The summed E-state index contributed by atoms with van der Waals surface area (Å²) in [6.07, 6.45) is 9.54. The molecule has 5 nitrogen and oxygen atoms in total. The lowest BCUT2D eigenvalue weighted by atomic mass is 9.69. The fraction of sp³-hybridized carbons (Fsp3) is 0.438. The van der Waals surface area contributed by atoms with E-state index in [9.17, 15) is 9.59 Å². The van der Waals surface area contributed by atoms with Gasteiger partial charge >= 0.3 is 5.97 Å². The zero-order chi connectivity index (χ0) is 14.8. The highest BCUT2D eigenvalue weighted by Crippen LogP contribution is 2.39. The topological polar surface area (TPSA) is 79.3 Å². The van der Waals surface area contributed by atoms with Crippen LogP contribution in [0, 0.1) is 17.8 Å². The van der Waals surface area contributed by atoms with E-state index in [0.717, 1.165) is 6.42 Å². The number of pyridine rings is 1. The Morgan fingerprint density at radius 1 is 1.33 bits per heavy atom. The van der Waals surface area contributed by atoms with Crippen molar-refractivity contribution in [2.75, 3.05) is 6.54 Å². The third-order valence-electron chi connectivity index (χ3n) is 4.48. The molecule has 3 aliphatic carbocycles. The molecule has 0 aliphatic heterocycles. The average molecular weight is 286 g/mol. The van der Waals surface area contributed by atoms with Gasteiger partial charge in [0.15, 0.2) is 0 Å². The molecule has 3 atom stereocenters. The van der Waals surface area contributed by atoms with Crippen molar-refractivity contribution in [3.8, 4) is 0 Å². The van der Waals surface area contributed by atoms with Gasteiger partial charge in [0.25, 0.3) is 5.91 Å². The number of hydrogen-bond acceptors (Lipinski definition) is 3. The number of rotatable bonds is 4. The van der Waals surface area contributed by atoms with E-state index < -0.39 is 5.97 Å². The quantitative estimate of drug-likeness (QED) is 0.831. The minimum absolute atomic E-state index is 0.109. The van der Waals surface area contributed by atoms with Crippen molar-refractivity contribution in [1.29, 1.82) is 0 Å². The van der Waals surface area contributed by atoms with Crippen LogP contribution in [0.4, 0.5) is 0 Å². The summed E-state index contributed by atoms with van der Waals surface area (Å²) >= 11 is 0. The number of carbonyl (C=O) groups is 2. The zero-order valence-corrected chi connectivity index (χ0v) is 11.7. The van der Waals surface area contributed by atoms with Crippen LogP contribution >= 0.6 is 0 Å². The first-order chi connectivity index (χ1) is 10.1. The fourth-order valence-corrected chi connectivity index (χ4v) is 3.30. The number of fused-ring (bicyclic) bond motifs is 2. The van der Waals surface area contributed by atoms with E-state index in [4.69, 9.17) is 5.11 Å². The number of aromatic carboxylic acids is 1. The molecule has 110 valence electrons. The summed E-state index contributed by atoms with van der Waals surface area (Å²) in [5.41, 5.74) is 0.237. The number of carbonyl (C=O) groups excluding carboxylic acids is 1. The van der Waals surface area contributed by atoms with Crippen molar-refractivity contribution in [3.05, 3.63) is 41.7 Å². The number of hydrogen-bond donors (Lipinski definition) is 2. The monoisotopic (exact) mass is 286 g/mol. The van der Waals surface area contributed by atoms with Crippen LogP contribution in [-0.4, -0.2) is 28.5 Å². The van der Waals surface area contributed by atoms with Gasteiger partial charge in [0.05, 0.1) is 0 Å². The highest BCUT2D eigenvalue weighted by atomic mass is 16.4. The largest absolute Gasteiger partial charge is 0.477 e. The molecule has 3 unspecified atom stereocenters. The number of nitrogens with zero attached hydrogens (tertiary/aromatic N) is 1. The van der Waals surface area contributed by atoms with Crippen molar-refractivity contribution in [2.45, 2.75) is 19.3 Å². The Bertz CT molecular complexity index is 597. The summed E-state index contributed by atoms with van der Waals surface area (Å²) in [6.45, 7) is 0.648. The highest BCUT2D eigenvalue weighted by Gasteiger charge is 2.31. The minimum Gasteiger partial charge on any atom is -0.477 e. The fourth-order valence-electron chi connectivity index (χ4n) is 3.30. The van der Waals surface area contributed by atoms with Crippen LogP contribution in [0.3, 0.4) is 0 Å². The first-order valence-corrected chi connectivity index (χ1v) is 7.29. The molecular weight excluding hydrogens is 268 g/mol. The van der Waals surface area contributed by atoms with Crippen molar-refractivity contribution in [1.82, 2.24) is 10.3 Å². The van der Waals surface area contributed by atoms with Gasteiger partial charge in [0, 0.05) is 18.3 Å². The van der Waals surface area contributed by atoms with Gasteiger partial charge in [-0.25, -0.2) is 9.78 Å². The minimum atomic E-state index is -1.13. The Kier molecular flexibility index (Phi) is 3.73. The van der Waals surface area contributed by atoms with Crippen LogP contribution in [0.25, 0.3) is 0 Å². The van der Waals surface area contributed by atoms with Crippen LogP contribution in [0.5, 0.6) is 0 Å². The summed E-state index contributed by atoms with van der Waals surface area (Å²) < 4.78 is 0. The Labute approximate surface area is 123 Å². The summed E-state index contributed by atoms with van der Waals surface area (Å²) in [5.74, 6) is 0.377. The van der Waals surface area contributed by atoms with E-state index >= 15 is 0 Å². The summed E-state index contributed by atoms with van der Waals surface area (Å²) in [4.78, 5) is 26.7. The van der Waals surface area contributed by atoms with E-state index in [2.05, 4.69) is 22.5 Å². The summed E-state index contributed by atoms with van der Waals surface area (Å²) in [7, 11) is 0. The van der Waals surface area contributed by atoms with Crippen LogP contribution in [0.2, 0.25) is 0 Å². The van der Waals surface area contributed by atoms with Gasteiger partial charge in [0.2, 0.25) is 0 Å². The molecule has 0 radical (unpaired) electrons. The van der Waals surface area contributed by atoms with Crippen molar-refractivity contribution < 1.29 is 14.7 Å². The predicted octanol–water partition coefficient (Wildman–Crippen LogP) is 2.11. The van der Waals surface area contributed by atoms with E-state index in [0.29, 0.717) is 29.9 Å². The van der Waals surface area contributed by atoms with Gasteiger partial charge in [-0.05, 0) is 49.1 Å². The first-order valence-electron chi connectivity index (χ1n) is 7.29. The zero-order valence-electron chi connectivity index (χ0n) is 11.7. The molecule has 1 fully saturated rings. The average Bonchev–Trinajstić information content (AvgIpc) is 2.54. The first kappa shape index (κ1) is 13.8. The van der Waals surface area contributed by atoms with Gasteiger partial charge in [-0.15, -0.1) is 0 Å². The van der Waals surface area contributed by atoms with Gasteiger partial charge in [0.1, 0.15) is 5.69 Å². The molecule has 4 rings (SSSR count). The lowest BCUT2D eigenvalue weighted by molar-refractivity contribution is 0.0690. The van der Waals surface area contributed by atoms with Crippen molar-refractivity contribution >= 4 is 11.9 Å². The van der Waals surface area contributed by atoms with Gasteiger partial charge in [-0.1, -0.05) is 12.2 Å². The molecular formula is C16H18N2O3. The number of amides is 1. The number of allylic oxidation sites excluding steroid dienone is 2. The number of nitrogens with one attached hydrogen (secondary N) is 1. The van der Waals surface area contributed by atoms with E-state index in [1.807, 2.05) is 0 Å². The van der Waals surface area contributed by atoms with Crippen LogP contribution < -0.4 is 5.32 Å². The van der Waals surface area contributed by atoms with Crippen LogP contribution in [0.15, 0.2) is 30.5 Å². The number of carboxylic acids is 1. The molecule has 0 spiro atoms. The lowest BCUT2D eigenvalue weighted by Gasteiger charge is -2.38. The number of carboxylic acid groups (broad SMARTS) is 1. The number of aromatic nitrogens is 1. The molecule has 0 aromatic carbocycles. The maximum absolute atomic E-state index is 12.1. The molecule has 3 aliphatic rings. The third-order valence-corrected chi connectivity index (χ3v) is 4.48. The maximum Gasteiger partial charge on any atom is 0.354 e. The second-order valence-corrected chi connectivity index (χ2v) is 5.83. The molecule has 1 saturated carbocycles. The second-order valence-electron chi connectivity index (χ2n) is 5.83. The highest BCUT2D eigenvalue weighted by molar-refractivity contribution is 5.96. The standard InChI is InChI=1S/C16H18N2O3/c19-15(12-5-6-17-14(8-12)16(20)21)18-9-13-7-10-1-3-11(13)4-2-10/h1,3,5-6,8,10-11,13H,2,4,7,9H2,(H,18,19)(H,20,21). The second kappa shape index (κ2) is 5.68. The molecule has 21 heavy (non-hydrogen) atoms. The Morgan fingerprint density at radius 2 is 2.19 bits per heavy atom. The Morgan fingerprint density at radius 3 is 2.81 bits per heavy atom. The smallest absolute Gasteiger partial charge is 0.354 e. The van der Waals surface area contributed by atoms with E-state index in [-0.39, 0.29) is 11.6 Å². The Balaban J connectivity index is 1.61.